The van der Waals surface area contributed by atoms with E-state index in [9.17, 15) is 14.4 Å². The van der Waals surface area contributed by atoms with Crippen molar-refractivity contribution in [3.8, 4) is 11.3 Å². The minimum absolute atomic E-state index is 0.286. The summed E-state index contributed by atoms with van der Waals surface area (Å²) in [5.74, 6) is -1.03. The van der Waals surface area contributed by atoms with Crippen LogP contribution in [0.3, 0.4) is 0 Å². The molecule has 0 fully saturated rings. The van der Waals surface area contributed by atoms with Crippen LogP contribution in [0, 0.1) is 0 Å². The van der Waals surface area contributed by atoms with E-state index in [0.717, 1.165) is 12.0 Å². The molecule has 1 heterocycles. The Balaban J connectivity index is 1.93. The van der Waals surface area contributed by atoms with Crippen LogP contribution in [0.4, 0.5) is 4.79 Å². The van der Waals surface area contributed by atoms with E-state index in [0.29, 0.717) is 22.5 Å². The summed E-state index contributed by atoms with van der Waals surface area (Å²) in [6, 6.07) is 15.9. The molecule has 30 heavy (non-hydrogen) atoms. The fraction of sp³-hybridized carbons (Fsp3) is 0.217. The summed E-state index contributed by atoms with van der Waals surface area (Å²) in [6.07, 6.45) is 1.05. The number of hydrogen-bond donors (Lipinski definition) is 2. The van der Waals surface area contributed by atoms with Gasteiger partial charge in [-0.2, -0.15) is 0 Å². The number of urea groups is 1. The quantitative estimate of drug-likeness (QED) is 0.607. The number of para-hydroxylation sites is 1. The molecule has 3 rings (SSSR count). The molecule has 1 aromatic heterocycles. The van der Waals surface area contributed by atoms with Crippen molar-refractivity contribution in [3.63, 3.8) is 0 Å². The predicted octanol–water partition coefficient (Wildman–Crippen LogP) is 3.77. The van der Waals surface area contributed by atoms with Crippen LogP contribution >= 0.6 is 0 Å². The van der Waals surface area contributed by atoms with Crippen LogP contribution in [-0.4, -0.2) is 29.5 Å². The maximum atomic E-state index is 12.7. The van der Waals surface area contributed by atoms with Crippen LogP contribution in [0.15, 0.2) is 54.6 Å². The Kier molecular flexibility index (Phi) is 6.41. The third-order valence-electron chi connectivity index (χ3n) is 4.92. The number of amides is 3. The first kappa shape index (κ1) is 21.0. The topological polar surface area (TPSA) is 111 Å². The van der Waals surface area contributed by atoms with Gasteiger partial charge in [0.15, 0.2) is 6.61 Å². The number of carbonyl (C=O) groups excluding carboxylic acids is 3. The number of fused-ring (bicyclic) bond motifs is 1. The second-order valence-electron chi connectivity index (χ2n) is 6.99. The van der Waals surface area contributed by atoms with Crippen molar-refractivity contribution in [1.29, 1.82) is 0 Å². The number of benzene rings is 2. The number of rotatable bonds is 6. The van der Waals surface area contributed by atoms with Crippen molar-refractivity contribution in [2.45, 2.75) is 26.2 Å². The Labute approximate surface area is 174 Å². The van der Waals surface area contributed by atoms with E-state index in [2.05, 4.69) is 31.0 Å². The summed E-state index contributed by atoms with van der Waals surface area (Å²) in [5, 5.41) is 2.46. The monoisotopic (exact) mass is 405 g/mol. The van der Waals surface area contributed by atoms with Gasteiger partial charge in [0.05, 0.1) is 16.8 Å². The third-order valence-corrected chi connectivity index (χ3v) is 4.92. The van der Waals surface area contributed by atoms with Gasteiger partial charge in [-0.15, -0.1) is 0 Å². The van der Waals surface area contributed by atoms with Gasteiger partial charge in [-0.3, -0.25) is 10.1 Å². The first-order valence-electron chi connectivity index (χ1n) is 9.65. The number of nitrogens with zero attached hydrogens (tertiary/aromatic N) is 1. The number of carbonyl (C=O) groups is 3. The van der Waals surface area contributed by atoms with Gasteiger partial charge in [-0.1, -0.05) is 56.3 Å². The molecule has 7 heteroatoms. The van der Waals surface area contributed by atoms with E-state index < -0.39 is 24.5 Å². The maximum Gasteiger partial charge on any atom is 0.339 e. The summed E-state index contributed by atoms with van der Waals surface area (Å²) < 4.78 is 5.07. The van der Waals surface area contributed by atoms with Crippen LogP contribution in [-0.2, 0) is 9.53 Å². The van der Waals surface area contributed by atoms with E-state index in [4.69, 9.17) is 10.5 Å². The lowest BCUT2D eigenvalue weighted by Gasteiger charge is -2.12. The summed E-state index contributed by atoms with van der Waals surface area (Å²) in [5.41, 5.74) is 8.54. The largest absolute Gasteiger partial charge is 0.452 e. The molecular formula is C23H23N3O4. The van der Waals surface area contributed by atoms with Gasteiger partial charge in [0.25, 0.3) is 5.91 Å². The van der Waals surface area contributed by atoms with Gasteiger partial charge in [-0.05, 0) is 30.0 Å². The number of nitrogens with one attached hydrogen (secondary N) is 1. The van der Waals surface area contributed by atoms with E-state index in [1.54, 1.807) is 18.2 Å². The second-order valence-corrected chi connectivity index (χ2v) is 6.99. The highest BCUT2D eigenvalue weighted by Gasteiger charge is 2.17. The molecule has 3 N–H and O–H groups in total. The van der Waals surface area contributed by atoms with Crippen molar-refractivity contribution in [2.75, 3.05) is 6.61 Å². The van der Waals surface area contributed by atoms with Crippen molar-refractivity contribution in [3.05, 3.63) is 65.7 Å². The lowest BCUT2D eigenvalue weighted by Crippen LogP contribution is -2.37. The number of ether oxygens (including phenoxy) is 1. The zero-order chi connectivity index (χ0) is 21.7. The Hall–Kier alpha value is -3.74. The molecule has 0 spiro atoms. The highest BCUT2D eigenvalue weighted by Crippen LogP contribution is 2.27. The summed E-state index contributed by atoms with van der Waals surface area (Å²) in [4.78, 5) is 39.6. The molecule has 7 nitrogen and oxygen atoms in total. The van der Waals surface area contributed by atoms with Gasteiger partial charge < -0.3 is 10.5 Å². The summed E-state index contributed by atoms with van der Waals surface area (Å²) in [7, 11) is 0. The molecule has 0 aliphatic carbocycles. The molecule has 1 atom stereocenters. The van der Waals surface area contributed by atoms with Crippen molar-refractivity contribution < 1.29 is 19.1 Å². The number of aromatic nitrogens is 1. The standard InChI is InChI=1S/C23H23N3O4/c1-3-14(2)15-8-10-16(11-9-15)20-12-18(17-6-4-5-7-19(17)25-20)22(28)30-13-21(27)26-23(24)29/h4-12,14H,3,13H2,1-2H3,(H3,24,26,27,29). The zero-order valence-electron chi connectivity index (χ0n) is 16.8. The van der Waals surface area contributed by atoms with E-state index in [-0.39, 0.29) is 5.56 Å². The normalized spacial score (nSPS) is 11.7. The van der Waals surface area contributed by atoms with Crippen LogP contribution < -0.4 is 11.1 Å². The van der Waals surface area contributed by atoms with Gasteiger partial charge in [0.1, 0.15) is 0 Å². The average Bonchev–Trinajstić information content (AvgIpc) is 2.75. The number of pyridine rings is 1. The maximum absolute atomic E-state index is 12.7. The molecule has 1 unspecified atom stereocenters. The van der Waals surface area contributed by atoms with Crippen molar-refractivity contribution in [2.24, 2.45) is 5.73 Å². The number of hydrogen-bond acceptors (Lipinski definition) is 5. The molecule has 0 saturated heterocycles. The number of primary amides is 1. The molecule has 0 saturated carbocycles. The van der Waals surface area contributed by atoms with Crippen molar-refractivity contribution >= 4 is 28.8 Å². The van der Waals surface area contributed by atoms with Crippen molar-refractivity contribution in [1.82, 2.24) is 10.3 Å². The summed E-state index contributed by atoms with van der Waals surface area (Å²) in [6.45, 7) is 3.70. The predicted molar refractivity (Wildman–Crippen MR) is 114 cm³/mol. The number of nitrogens with two attached hydrogens (primary N) is 1. The first-order chi connectivity index (χ1) is 14.4. The molecule has 0 bridgehead atoms. The molecule has 3 aromatic rings. The van der Waals surface area contributed by atoms with Gasteiger partial charge in [0.2, 0.25) is 0 Å². The molecule has 0 aliphatic heterocycles. The fourth-order valence-corrected chi connectivity index (χ4v) is 3.09. The van der Waals surface area contributed by atoms with E-state index >= 15 is 0 Å². The van der Waals surface area contributed by atoms with E-state index in [1.165, 1.54) is 5.56 Å². The van der Waals surface area contributed by atoms with Crippen LogP contribution in [0.5, 0.6) is 0 Å². The second kappa shape index (κ2) is 9.17. The molecular weight excluding hydrogens is 382 g/mol. The van der Waals surface area contributed by atoms with E-state index in [1.807, 2.05) is 29.6 Å². The van der Waals surface area contributed by atoms with Crippen LogP contribution in [0.1, 0.15) is 42.1 Å². The highest BCUT2D eigenvalue weighted by molar-refractivity contribution is 6.05. The minimum atomic E-state index is -1.01. The third kappa shape index (κ3) is 4.81. The van der Waals surface area contributed by atoms with Gasteiger partial charge in [0, 0.05) is 10.9 Å². The smallest absolute Gasteiger partial charge is 0.339 e. The molecule has 0 radical (unpaired) electrons. The molecule has 154 valence electrons. The fourth-order valence-electron chi connectivity index (χ4n) is 3.09. The Bertz CT molecular complexity index is 1090. The highest BCUT2D eigenvalue weighted by atomic mass is 16.5. The Morgan fingerprint density at radius 1 is 1.10 bits per heavy atom. The molecule has 0 aliphatic rings. The zero-order valence-corrected chi connectivity index (χ0v) is 16.8. The first-order valence-corrected chi connectivity index (χ1v) is 9.65. The van der Waals surface area contributed by atoms with Gasteiger partial charge in [-0.25, -0.2) is 14.6 Å². The Morgan fingerprint density at radius 3 is 2.47 bits per heavy atom. The van der Waals surface area contributed by atoms with Gasteiger partial charge >= 0.3 is 12.0 Å². The molecule has 3 amide bonds. The number of imide groups is 1. The minimum Gasteiger partial charge on any atom is -0.452 e. The average molecular weight is 405 g/mol. The Morgan fingerprint density at radius 2 is 1.80 bits per heavy atom. The lowest BCUT2D eigenvalue weighted by atomic mass is 9.96. The van der Waals surface area contributed by atoms with Crippen LogP contribution in [0.2, 0.25) is 0 Å². The number of esters is 1. The summed E-state index contributed by atoms with van der Waals surface area (Å²) >= 11 is 0. The SMILES string of the molecule is CCC(C)c1ccc(-c2cc(C(=O)OCC(=O)NC(N)=O)c3ccccc3n2)cc1. The van der Waals surface area contributed by atoms with Crippen LogP contribution in [0.25, 0.3) is 22.2 Å². The molecule has 2 aromatic carbocycles. The lowest BCUT2D eigenvalue weighted by molar-refractivity contribution is -0.123.